The van der Waals surface area contributed by atoms with E-state index in [4.69, 9.17) is 9.52 Å². The van der Waals surface area contributed by atoms with E-state index in [0.29, 0.717) is 0 Å². The van der Waals surface area contributed by atoms with Crippen LogP contribution in [0, 0.1) is 6.92 Å². The number of aliphatic hydroxyl groups is 1. The van der Waals surface area contributed by atoms with Crippen LogP contribution in [0.4, 0.5) is 0 Å². The molecule has 10 heavy (non-hydrogen) atoms. The number of rotatable bonds is 2. The molecule has 1 aromatic rings. The van der Waals surface area contributed by atoms with Gasteiger partial charge in [-0.1, -0.05) is 12.2 Å². The minimum atomic E-state index is 0.0740. The van der Waals surface area contributed by atoms with Gasteiger partial charge in [-0.25, -0.2) is 0 Å². The standard InChI is InChI=1S/C8H10O2/c1-7-8(3-2-5-9)4-6-10-7/h2-4,6,9H,5H2,1H3/b3-2+. The highest BCUT2D eigenvalue weighted by Gasteiger charge is 1.93. The Morgan fingerprint density at radius 2 is 2.50 bits per heavy atom. The Morgan fingerprint density at radius 1 is 1.70 bits per heavy atom. The zero-order valence-electron chi connectivity index (χ0n) is 5.87. The molecule has 0 saturated carbocycles. The van der Waals surface area contributed by atoms with Crippen LogP contribution >= 0.6 is 0 Å². The predicted octanol–water partition coefficient (Wildman–Crippen LogP) is 1.59. The Balaban J connectivity index is 2.74. The summed E-state index contributed by atoms with van der Waals surface area (Å²) in [5.74, 6) is 0.879. The van der Waals surface area contributed by atoms with E-state index in [1.165, 1.54) is 0 Å². The third-order valence-electron chi connectivity index (χ3n) is 1.30. The molecule has 1 N–H and O–H groups in total. The third-order valence-corrected chi connectivity index (χ3v) is 1.30. The molecule has 0 spiro atoms. The van der Waals surface area contributed by atoms with E-state index >= 15 is 0 Å². The first-order chi connectivity index (χ1) is 4.84. The third kappa shape index (κ3) is 1.48. The van der Waals surface area contributed by atoms with Gasteiger partial charge in [0, 0.05) is 5.56 Å². The molecule has 2 nitrogen and oxygen atoms in total. The minimum absolute atomic E-state index is 0.0740. The van der Waals surface area contributed by atoms with E-state index in [2.05, 4.69) is 0 Å². The molecule has 0 aliphatic rings. The summed E-state index contributed by atoms with van der Waals surface area (Å²) in [4.78, 5) is 0. The highest BCUT2D eigenvalue weighted by Crippen LogP contribution is 2.09. The summed E-state index contributed by atoms with van der Waals surface area (Å²) in [6.07, 6.45) is 5.14. The summed E-state index contributed by atoms with van der Waals surface area (Å²) in [6, 6.07) is 1.86. The Morgan fingerprint density at radius 3 is 3.00 bits per heavy atom. The maximum Gasteiger partial charge on any atom is 0.107 e. The number of hydrogen-bond donors (Lipinski definition) is 1. The fourth-order valence-corrected chi connectivity index (χ4v) is 0.747. The molecule has 1 aromatic heterocycles. The van der Waals surface area contributed by atoms with E-state index in [1.807, 2.05) is 19.1 Å². The molecular formula is C8H10O2. The molecule has 2 heteroatoms. The summed E-state index contributed by atoms with van der Waals surface area (Å²) < 4.78 is 5.03. The molecule has 0 aliphatic carbocycles. The van der Waals surface area contributed by atoms with Crippen molar-refractivity contribution in [2.75, 3.05) is 6.61 Å². The van der Waals surface area contributed by atoms with Crippen LogP contribution in [0.2, 0.25) is 0 Å². The van der Waals surface area contributed by atoms with Crippen molar-refractivity contribution in [2.45, 2.75) is 6.92 Å². The molecule has 0 saturated heterocycles. The van der Waals surface area contributed by atoms with Gasteiger partial charge in [-0.05, 0) is 13.0 Å². The van der Waals surface area contributed by atoms with E-state index in [1.54, 1.807) is 12.3 Å². The summed E-state index contributed by atoms with van der Waals surface area (Å²) in [5, 5.41) is 8.44. The lowest BCUT2D eigenvalue weighted by Crippen LogP contribution is -1.72. The molecule has 0 bridgehead atoms. The molecule has 0 atom stereocenters. The van der Waals surface area contributed by atoms with Gasteiger partial charge in [0.2, 0.25) is 0 Å². The largest absolute Gasteiger partial charge is 0.469 e. The minimum Gasteiger partial charge on any atom is -0.469 e. The Hall–Kier alpha value is -1.02. The molecule has 0 fully saturated rings. The lowest BCUT2D eigenvalue weighted by Gasteiger charge is -1.85. The smallest absolute Gasteiger partial charge is 0.107 e. The lowest BCUT2D eigenvalue weighted by atomic mass is 10.2. The second-order valence-corrected chi connectivity index (χ2v) is 2.02. The van der Waals surface area contributed by atoms with Crippen LogP contribution < -0.4 is 0 Å². The second kappa shape index (κ2) is 3.22. The fraction of sp³-hybridized carbons (Fsp3) is 0.250. The van der Waals surface area contributed by atoms with Crippen molar-refractivity contribution in [3.63, 3.8) is 0 Å². The van der Waals surface area contributed by atoms with Crippen molar-refractivity contribution >= 4 is 6.08 Å². The van der Waals surface area contributed by atoms with E-state index in [9.17, 15) is 0 Å². The summed E-state index contributed by atoms with van der Waals surface area (Å²) >= 11 is 0. The molecule has 0 radical (unpaired) electrons. The van der Waals surface area contributed by atoms with Crippen LogP contribution in [0.1, 0.15) is 11.3 Å². The van der Waals surface area contributed by atoms with E-state index in [-0.39, 0.29) is 6.61 Å². The van der Waals surface area contributed by atoms with Gasteiger partial charge in [-0.2, -0.15) is 0 Å². The SMILES string of the molecule is Cc1occc1/C=C/CO. The molecular weight excluding hydrogens is 128 g/mol. The van der Waals surface area contributed by atoms with Crippen LogP contribution in [0.25, 0.3) is 6.08 Å². The van der Waals surface area contributed by atoms with Gasteiger partial charge < -0.3 is 9.52 Å². The van der Waals surface area contributed by atoms with E-state index in [0.717, 1.165) is 11.3 Å². The molecule has 1 rings (SSSR count). The number of aryl methyl sites for hydroxylation is 1. The molecule has 1 heterocycles. The van der Waals surface area contributed by atoms with Crippen LogP contribution in [0.3, 0.4) is 0 Å². The predicted molar refractivity (Wildman–Crippen MR) is 39.6 cm³/mol. The summed E-state index contributed by atoms with van der Waals surface area (Å²) in [7, 11) is 0. The van der Waals surface area contributed by atoms with Crippen molar-refractivity contribution in [2.24, 2.45) is 0 Å². The van der Waals surface area contributed by atoms with Crippen LogP contribution in [0.15, 0.2) is 22.8 Å². The monoisotopic (exact) mass is 138 g/mol. The normalized spacial score (nSPS) is 11.0. The molecule has 0 amide bonds. The first-order valence-electron chi connectivity index (χ1n) is 3.16. The van der Waals surface area contributed by atoms with Gasteiger partial charge in [0.15, 0.2) is 0 Å². The molecule has 0 aromatic carbocycles. The average Bonchev–Trinajstić information content (AvgIpc) is 2.31. The Labute approximate surface area is 59.8 Å². The summed E-state index contributed by atoms with van der Waals surface area (Å²) in [6.45, 7) is 1.96. The Bertz CT molecular complexity index is 223. The quantitative estimate of drug-likeness (QED) is 0.673. The molecule has 0 aliphatic heterocycles. The maximum absolute atomic E-state index is 8.44. The van der Waals surface area contributed by atoms with Crippen LogP contribution in [0.5, 0.6) is 0 Å². The van der Waals surface area contributed by atoms with Gasteiger partial charge in [0.1, 0.15) is 5.76 Å². The lowest BCUT2D eigenvalue weighted by molar-refractivity contribution is 0.343. The topological polar surface area (TPSA) is 33.4 Å². The first-order valence-corrected chi connectivity index (χ1v) is 3.16. The van der Waals surface area contributed by atoms with Gasteiger partial charge >= 0.3 is 0 Å². The zero-order chi connectivity index (χ0) is 7.40. The molecule has 54 valence electrons. The van der Waals surface area contributed by atoms with Gasteiger partial charge in [-0.15, -0.1) is 0 Å². The second-order valence-electron chi connectivity index (χ2n) is 2.02. The van der Waals surface area contributed by atoms with Crippen molar-refractivity contribution in [3.05, 3.63) is 29.7 Å². The van der Waals surface area contributed by atoms with Crippen molar-refractivity contribution in [1.29, 1.82) is 0 Å². The van der Waals surface area contributed by atoms with E-state index < -0.39 is 0 Å². The van der Waals surface area contributed by atoms with Gasteiger partial charge in [-0.3, -0.25) is 0 Å². The zero-order valence-corrected chi connectivity index (χ0v) is 5.87. The maximum atomic E-state index is 8.44. The average molecular weight is 138 g/mol. The number of aliphatic hydroxyl groups excluding tert-OH is 1. The highest BCUT2D eigenvalue weighted by molar-refractivity contribution is 5.50. The highest BCUT2D eigenvalue weighted by atomic mass is 16.3. The van der Waals surface area contributed by atoms with Crippen LogP contribution in [-0.2, 0) is 0 Å². The van der Waals surface area contributed by atoms with Gasteiger partial charge in [0.05, 0.1) is 12.9 Å². The Kier molecular flexibility index (Phi) is 2.29. The van der Waals surface area contributed by atoms with Crippen LogP contribution in [-0.4, -0.2) is 11.7 Å². The summed E-state index contributed by atoms with van der Waals surface area (Å²) in [5.41, 5.74) is 1.02. The fourth-order valence-electron chi connectivity index (χ4n) is 0.747. The number of furan rings is 1. The first kappa shape index (κ1) is 7.09. The molecule has 0 unspecified atom stereocenters. The van der Waals surface area contributed by atoms with Crippen molar-refractivity contribution < 1.29 is 9.52 Å². The van der Waals surface area contributed by atoms with Crippen molar-refractivity contribution in [1.82, 2.24) is 0 Å². The van der Waals surface area contributed by atoms with Gasteiger partial charge in [0.25, 0.3) is 0 Å². The van der Waals surface area contributed by atoms with Crippen molar-refractivity contribution in [3.8, 4) is 0 Å². The number of hydrogen-bond acceptors (Lipinski definition) is 2.